The highest BCUT2D eigenvalue weighted by Gasteiger charge is 2.31. The molecule has 2 heterocycles. The van der Waals surface area contributed by atoms with Crippen molar-refractivity contribution < 1.29 is 68.0 Å². The summed E-state index contributed by atoms with van der Waals surface area (Å²) in [5, 5.41) is 45.6. The van der Waals surface area contributed by atoms with E-state index in [0.29, 0.717) is 16.8 Å². The van der Waals surface area contributed by atoms with Crippen LogP contribution >= 0.6 is 0 Å². The molecule has 0 unspecified atom stereocenters. The van der Waals surface area contributed by atoms with Crippen molar-refractivity contribution in [3.8, 4) is 0 Å². The van der Waals surface area contributed by atoms with Crippen LogP contribution in [0.25, 0.3) is 10.9 Å². The van der Waals surface area contributed by atoms with Gasteiger partial charge in [-0.1, -0.05) is 60.7 Å². The fourth-order valence-electron chi connectivity index (χ4n) is 8.89. The van der Waals surface area contributed by atoms with Gasteiger partial charge in [0.15, 0.2) is 0 Å². The molecule has 5 rings (SSSR count). The maximum absolute atomic E-state index is 14.1. The summed E-state index contributed by atoms with van der Waals surface area (Å²) in [5.74, 6) is -7.65. The molecule has 26 heteroatoms. The number of nitrogens with two attached hydrogens (primary N) is 1. The lowest BCUT2D eigenvalue weighted by Gasteiger charge is -2.32. The van der Waals surface area contributed by atoms with Crippen molar-refractivity contribution in [2.75, 3.05) is 97.1 Å². The SMILES string of the molecule is CC(C)NC(=O)[C@H](Cc1c[nH]c2ccccc12)NC(=O)[C@H](CCC(N)=O)NC(=O)[C@@H](Cc1ccccc1)NC(=O)COCC(=O)Nc1ccc(CNC(=O)CN2CCN(CC(=O)O)CCN(CC(=O)O)CCN(CC(=O)O)CC2)cc1. The molecular weight excluding hydrogens is 1050 g/mol. The Bertz CT molecular complexity index is 2750. The summed E-state index contributed by atoms with van der Waals surface area (Å²) in [4.78, 5) is 138. The number of carbonyl (C=O) groups excluding carboxylic acids is 7. The molecule has 12 N–H and O–H groups in total. The number of aromatic nitrogens is 1. The maximum Gasteiger partial charge on any atom is 0.317 e. The molecule has 7 amide bonds. The average molecular weight is 1130 g/mol. The Labute approximate surface area is 468 Å². The van der Waals surface area contributed by atoms with Gasteiger partial charge in [0.05, 0.1) is 26.2 Å². The molecule has 0 bridgehead atoms. The monoisotopic (exact) mass is 1130 g/mol. The molecule has 0 saturated carbocycles. The van der Waals surface area contributed by atoms with Gasteiger partial charge in [0.1, 0.15) is 31.3 Å². The van der Waals surface area contributed by atoms with Gasteiger partial charge in [-0.05, 0) is 55.2 Å². The molecule has 3 aromatic carbocycles. The lowest BCUT2D eigenvalue weighted by Crippen LogP contribution is -2.58. The Kier molecular flexibility index (Phi) is 25.6. The zero-order valence-electron chi connectivity index (χ0n) is 45.5. The smallest absolute Gasteiger partial charge is 0.317 e. The normalized spacial score (nSPS) is 15.2. The zero-order chi connectivity index (χ0) is 58.8. The molecule has 1 aliphatic rings. The Balaban J connectivity index is 1.13. The predicted octanol–water partition coefficient (Wildman–Crippen LogP) is -1.06. The van der Waals surface area contributed by atoms with E-state index in [9.17, 15) is 63.3 Å². The highest BCUT2D eigenvalue weighted by molar-refractivity contribution is 5.96. The molecule has 438 valence electrons. The number of rotatable bonds is 29. The quantitative estimate of drug-likeness (QED) is 0.0309. The first-order valence-electron chi connectivity index (χ1n) is 26.5. The lowest BCUT2D eigenvalue weighted by atomic mass is 10.0. The van der Waals surface area contributed by atoms with Crippen molar-refractivity contribution >= 4 is 75.8 Å². The van der Waals surface area contributed by atoms with Crippen LogP contribution in [0.5, 0.6) is 0 Å². The number of para-hydroxylation sites is 1. The number of amides is 7. The lowest BCUT2D eigenvalue weighted by molar-refractivity contribution is -0.140. The van der Waals surface area contributed by atoms with Gasteiger partial charge in [-0.2, -0.15) is 0 Å². The zero-order valence-corrected chi connectivity index (χ0v) is 45.5. The minimum Gasteiger partial charge on any atom is -0.480 e. The van der Waals surface area contributed by atoms with Crippen LogP contribution in [0.2, 0.25) is 0 Å². The standard InChI is InChI=1S/C55H74N12O14/c1-36(2)59-54(79)45(27-39-29-57-42-11-7-6-10-41(39)42)63-53(78)43(16-17-46(56)68)62-55(80)44(26-37-8-4-3-5-9-37)61-49(71)35-81-34-48(70)60-40-14-12-38(13-15-40)28-58-47(69)30-64-18-20-65(31-50(72)73)22-24-67(33-52(76)77)25-23-66(21-19-64)32-51(74)75/h3-15,29,36,43-45,57H,16-28,30-35H2,1-2H3,(H2,56,68)(H,58,69)(H,59,79)(H,60,70)(H,61,71)(H,62,80)(H,63,78)(H,72,73)(H,74,75)(H,76,77)/t43-,44+,45-/m0/s1. The van der Waals surface area contributed by atoms with Crippen molar-refractivity contribution in [2.24, 2.45) is 5.73 Å². The van der Waals surface area contributed by atoms with Crippen molar-refractivity contribution in [1.82, 2.24) is 51.2 Å². The summed E-state index contributed by atoms with van der Waals surface area (Å²) in [6.45, 7) is 3.54. The Morgan fingerprint density at radius 2 is 1.05 bits per heavy atom. The van der Waals surface area contributed by atoms with Crippen LogP contribution < -0.4 is 37.6 Å². The van der Waals surface area contributed by atoms with E-state index in [1.165, 1.54) is 0 Å². The number of ether oxygens (including phenoxy) is 1. The minimum absolute atomic E-state index is 0.0235. The topological polar surface area (TPSA) is 368 Å². The molecular formula is C55H74N12O14. The van der Waals surface area contributed by atoms with E-state index in [-0.39, 0.29) is 123 Å². The molecule has 0 spiro atoms. The van der Waals surface area contributed by atoms with Crippen molar-refractivity contribution in [3.05, 3.63) is 102 Å². The number of nitrogens with one attached hydrogen (secondary N) is 7. The predicted molar refractivity (Wildman–Crippen MR) is 296 cm³/mol. The Morgan fingerprint density at radius 1 is 0.556 bits per heavy atom. The number of fused-ring (bicyclic) bond motifs is 1. The number of carboxylic acids is 3. The van der Waals surface area contributed by atoms with Crippen LogP contribution in [0.3, 0.4) is 0 Å². The van der Waals surface area contributed by atoms with Crippen LogP contribution in [-0.2, 0) is 72.1 Å². The van der Waals surface area contributed by atoms with Gasteiger partial charge in [0, 0.05) is 107 Å². The maximum atomic E-state index is 14.1. The average Bonchev–Trinajstić information content (AvgIpc) is 4.10. The summed E-state index contributed by atoms with van der Waals surface area (Å²) >= 11 is 0. The van der Waals surface area contributed by atoms with Gasteiger partial charge in [0.25, 0.3) is 0 Å². The van der Waals surface area contributed by atoms with E-state index in [0.717, 1.165) is 16.5 Å². The van der Waals surface area contributed by atoms with E-state index in [1.807, 2.05) is 24.3 Å². The fraction of sp³-hybridized carbons (Fsp3) is 0.455. The number of aromatic amines is 1. The number of carbonyl (C=O) groups is 10. The number of hydrogen-bond donors (Lipinski definition) is 11. The van der Waals surface area contributed by atoms with Crippen LogP contribution in [0.15, 0.2) is 85.1 Å². The highest BCUT2D eigenvalue weighted by Crippen LogP contribution is 2.20. The number of carboxylic acid groups (broad SMARTS) is 3. The van der Waals surface area contributed by atoms with E-state index >= 15 is 0 Å². The number of benzene rings is 3. The van der Waals surface area contributed by atoms with E-state index in [1.54, 1.807) is 94.2 Å². The molecule has 1 aliphatic heterocycles. The second-order valence-electron chi connectivity index (χ2n) is 20.0. The van der Waals surface area contributed by atoms with Crippen LogP contribution in [0.1, 0.15) is 43.4 Å². The minimum atomic E-state index is -1.36. The number of hydrogen-bond acceptors (Lipinski definition) is 15. The first kappa shape index (κ1) is 63.5. The van der Waals surface area contributed by atoms with E-state index in [4.69, 9.17) is 10.5 Å². The summed E-state index contributed by atoms with van der Waals surface area (Å²) in [5.41, 5.74) is 8.77. The summed E-state index contributed by atoms with van der Waals surface area (Å²) in [7, 11) is 0. The summed E-state index contributed by atoms with van der Waals surface area (Å²) < 4.78 is 5.42. The number of anilines is 1. The fourth-order valence-corrected chi connectivity index (χ4v) is 8.89. The molecule has 81 heavy (non-hydrogen) atoms. The summed E-state index contributed by atoms with van der Waals surface area (Å²) in [6.07, 6.45) is 1.31. The van der Waals surface area contributed by atoms with Crippen molar-refractivity contribution in [3.63, 3.8) is 0 Å². The molecule has 0 aliphatic carbocycles. The van der Waals surface area contributed by atoms with Crippen LogP contribution in [-0.4, -0.2) is 215 Å². The number of aliphatic carboxylic acids is 3. The van der Waals surface area contributed by atoms with Crippen LogP contribution in [0, 0.1) is 0 Å². The molecule has 0 radical (unpaired) electrons. The second-order valence-corrected chi connectivity index (χ2v) is 20.0. The largest absolute Gasteiger partial charge is 0.480 e. The number of nitrogens with zero attached hydrogens (tertiary/aromatic N) is 4. The molecule has 1 fully saturated rings. The van der Waals surface area contributed by atoms with Gasteiger partial charge in [-0.3, -0.25) is 67.5 Å². The molecule has 3 atom stereocenters. The van der Waals surface area contributed by atoms with Crippen molar-refractivity contribution in [2.45, 2.75) is 70.2 Å². The second kappa shape index (κ2) is 32.7. The Hall–Kier alpha value is -8.30. The molecule has 4 aromatic rings. The molecule has 1 aromatic heterocycles. The van der Waals surface area contributed by atoms with E-state index in [2.05, 4.69) is 36.9 Å². The summed E-state index contributed by atoms with van der Waals surface area (Å²) in [6, 6.07) is 18.8. The first-order chi connectivity index (χ1) is 38.7. The molecule has 26 nitrogen and oxygen atoms in total. The van der Waals surface area contributed by atoms with Gasteiger partial charge >= 0.3 is 17.9 Å². The van der Waals surface area contributed by atoms with Crippen LogP contribution in [0.4, 0.5) is 5.69 Å². The third-order valence-corrected chi connectivity index (χ3v) is 13.0. The third kappa shape index (κ3) is 23.5. The third-order valence-electron chi connectivity index (χ3n) is 13.0. The van der Waals surface area contributed by atoms with Crippen molar-refractivity contribution in [1.29, 1.82) is 0 Å². The van der Waals surface area contributed by atoms with Gasteiger partial charge < -0.3 is 62.7 Å². The number of primary amides is 1. The first-order valence-corrected chi connectivity index (χ1v) is 26.5. The Morgan fingerprint density at radius 3 is 1.60 bits per heavy atom. The van der Waals surface area contributed by atoms with Gasteiger partial charge in [0.2, 0.25) is 41.4 Å². The number of H-pyrrole nitrogens is 1. The highest BCUT2D eigenvalue weighted by atomic mass is 16.5. The van der Waals surface area contributed by atoms with E-state index < -0.39 is 84.7 Å². The van der Waals surface area contributed by atoms with Gasteiger partial charge in [-0.15, -0.1) is 0 Å². The van der Waals surface area contributed by atoms with Gasteiger partial charge in [-0.25, -0.2) is 0 Å². The molecule has 1 saturated heterocycles.